The molecule has 0 aromatic heterocycles. The lowest BCUT2D eigenvalue weighted by Crippen LogP contribution is -2.09. The quantitative estimate of drug-likeness (QED) is 0.859. The Hall–Kier alpha value is -1.95. The number of nitrogens with zero attached hydrogens (tertiary/aromatic N) is 1. The van der Waals surface area contributed by atoms with Crippen molar-refractivity contribution in [3.05, 3.63) is 59.1 Å². The van der Waals surface area contributed by atoms with Crippen LogP contribution in [0.1, 0.15) is 11.7 Å². The first-order valence-electron chi connectivity index (χ1n) is 5.85. The Labute approximate surface area is 118 Å². The number of rotatable bonds is 3. The van der Waals surface area contributed by atoms with Gasteiger partial charge in [0.05, 0.1) is 0 Å². The lowest BCUT2D eigenvalue weighted by Gasteiger charge is -2.20. The monoisotopic (exact) mass is 271 g/mol. The number of aliphatic hydroxyl groups excluding tert-OH is 1. The second-order valence-electron chi connectivity index (χ2n) is 4.20. The Morgan fingerprint density at radius 3 is 2.47 bits per heavy atom. The molecule has 3 heteroatoms. The molecule has 0 saturated heterocycles. The Bertz CT molecular complexity index is 601. The molecule has 2 aromatic carbocycles. The minimum Gasteiger partial charge on any atom is -0.376 e. The van der Waals surface area contributed by atoms with Crippen LogP contribution in [0.15, 0.2) is 48.5 Å². The maximum atomic E-state index is 9.67. The molecule has 0 radical (unpaired) electrons. The highest BCUT2D eigenvalue weighted by Gasteiger charge is 2.08. The lowest BCUT2D eigenvalue weighted by molar-refractivity contribution is 0.238. The molecule has 2 rings (SSSR count). The van der Waals surface area contributed by atoms with Crippen LogP contribution in [0, 0.1) is 12.3 Å². The van der Waals surface area contributed by atoms with E-state index in [-0.39, 0.29) is 0 Å². The number of benzene rings is 2. The number of terminal acetylenes is 1. The number of aliphatic hydroxyl groups is 1. The second-order valence-corrected chi connectivity index (χ2v) is 4.64. The van der Waals surface area contributed by atoms with Crippen LogP contribution in [-0.2, 0) is 0 Å². The van der Waals surface area contributed by atoms with Crippen LogP contribution in [0.5, 0.6) is 0 Å². The fourth-order valence-electron chi connectivity index (χ4n) is 1.81. The third kappa shape index (κ3) is 3.08. The zero-order chi connectivity index (χ0) is 13.8. The van der Waals surface area contributed by atoms with Gasteiger partial charge in [0.2, 0.25) is 0 Å². The predicted molar refractivity (Wildman–Crippen MR) is 79.7 cm³/mol. The SMILES string of the molecule is C#CC(O)c1cccc(N(C)c2ccc(Cl)cc2)c1. The van der Waals surface area contributed by atoms with Gasteiger partial charge in [-0.1, -0.05) is 29.7 Å². The van der Waals surface area contributed by atoms with Gasteiger partial charge in [-0.2, -0.15) is 0 Å². The minimum atomic E-state index is -0.876. The smallest absolute Gasteiger partial charge is 0.140 e. The van der Waals surface area contributed by atoms with E-state index in [0.717, 1.165) is 11.4 Å². The summed E-state index contributed by atoms with van der Waals surface area (Å²) in [6.45, 7) is 0. The van der Waals surface area contributed by atoms with Crippen molar-refractivity contribution in [1.82, 2.24) is 0 Å². The van der Waals surface area contributed by atoms with Crippen LogP contribution in [-0.4, -0.2) is 12.2 Å². The Balaban J connectivity index is 2.31. The standard InChI is InChI=1S/C16H14ClNO/c1-3-16(19)12-5-4-6-15(11-12)18(2)14-9-7-13(17)8-10-14/h1,4-11,16,19H,2H3. The van der Waals surface area contributed by atoms with Gasteiger partial charge < -0.3 is 10.0 Å². The summed E-state index contributed by atoms with van der Waals surface area (Å²) in [6, 6.07) is 15.1. The molecule has 0 bridgehead atoms. The molecule has 1 unspecified atom stereocenters. The first-order chi connectivity index (χ1) is 9.11. The number of hydrogen-bond donors (Lipinski definition) is 1. The molecule has 0 aliphatic carbocycles. The van der Waals surface area contributed by atoms with Crippen molar-refractivity contribution in [2.45, 2.75) is 6.10 Å². The van der Waals surface area contributed by atoms with Crippen LogP contribution in [0.25, 0.3) is 0 Å². The van der Waals surface area contributed by atoms with E-state index in [1.807, 2.05) is 60.5 Å². The molecule has 0 amide bonds. The van der Waals surface area contributed by atoms with Gasteiger partial charge in [-0.05, 0) is 42.0 Å². The average molecular weight is 272 g/mol. The van der Waals surface area contributed by atoms with E-state index in [1.54, 1.807) is 0 Å². The van der Waals surface area contributed by atoms with Crippen molar-refractivity contribution in [3.63, 3.8) is 0 Å². The van der Waals surface area contributed by atoms with E-state index >= 15 is 0 Å². The maximum absolute atomic E-state index is 9.67. The molecule has 2 nitrogen and oxygen atoms in total. The van der Waals surface area contributed by atoms with Gasteiger partial charge in [0.25, 0.3) is 0 Å². The second kappa shape index (κ2) is 5.79. The molecule has 0 heterocycles. The summed E-state index contributed by atoms with van der Waals surface area (Å²) in [5.74, 6) is 2.31. The van der Waals surface area contributed by atoms with E-state index in [4.69, 9.17) is 18.0 Å². The molecule has 0 spiro atoms. The number of hydrogen-bond acceptors (Lipinski definition) is 2. The minimum absolute atomic E-state index is 0.702. The molecule has 1 N–H and O–H groups in total. The van der Waals surface area contributed by atoms with E-state index < -0.39 is 6.10 Å². The topological polar surface area (TPSA) is 23.5 Å². The summed E-state index contributed by atoms with van der Waals surface area (Å²) in [4.78, 5) is 2.00. The van der Waals surface area contributed by atoms with Gasteiger partial charge in [0, 0.05) is 23.4 Å². The van der Waals surface area contributed by atoms with Gasteiger partial charge in [-0.25, -0.2) is 0 Å². The predicted octanol–water partition coefficient (Wildman–Crippen LogP) is 3.77. The summed E-state index contributed by atoms with van der Waals surface area (Å²) < 4.78 is 0. The van der Waals surface area contributed by atoms with Gasteiger partial charge in [0.15, 0.2) is 0 Å². The molecular weight excluding hydrogens is 258 g/mol. The maximum Gasteiger partial charge on any atom is 0.140 e. The number of halogens is 1. The van der Waals surface area contributed by atoms with Crippen molar-refractivity contribution in [1.29, 1.82) is 0 Å². The molecule has 0 aliphatic heterocycles. The zero-order valence-electron chi connectivity index (χ0n) is 10.5. The van der Waals surface area contributed by atoms with E-state index in [2.05, 4.69) is 5.92 Å². The van der Waals surface area contributed by atoms with Gasteiger partial charge in [0.1, 0.15) is 6.10 Å². The summed E-state index contributed by atoms with van der Waals surface area (Å²) in [5, 5.41) is 10.4. The average Bonchev–Trinajstić information content (AvgIpc) is 2.46. The highest BCUT2D eigenvalue weighted by atomic mass is 35.5. The third-order valence-electron chi connectivity index (χ3n) is 2.95. The largest absolute Gasteiger partial charge is 0.376 e. The summed E-state index contributed by atoms with van der Waals surface area (Å²) >= 11 is 5.87. The highest BCUT2D eigenvalue weighted by Crippen LogP contribution is 2.27. The molecule has 0 saturated carbocycles. The number of anilines is 2. The van der Waals surface area contributed by atoms with Crippen molar-refractivity contribution in [2.75, 3.05) is 11.9 Å². The van der Waals surface area contributed by atoms with Gasteiger partial charge in [-0.15, -0.1) is 6.42 Å². The molecular formula is C16H14ClNO. The van der Waals surface area contributed by atoms with E-state index in [9.17, 15) is 5.11 Å². The Morgan fingerprint density at radius 1 is 1.16 bits per heavy atom. The van der Waals surface area contributed by atoms with Crippen LogP contribution >= 0.6 is 11.6 Å². The molecule has 0 fully saturated rings. The summed E-state index contributed by atoms with van der Waals surface area (Å²) in [7, 11) is 1.95. The fourth-order valence-corrected chi connectivity index (χ4v) is 1.94. The zero-order valence-corrected chi connectivity index (χ0v) is 11.3. The first kappa shape index (κ1) is 13.5. The van der Waals surface area contributed by atoms with Crippen molar-refractivity contribution in [2.24, 2.45) is 0 Å². The lowest BCUT2D eigenvalue weighted by atomic mass is 10.1. The van der Waals surface area contributed by atoms with Gasteiger partial charge >= 0.3 is 0 Å². The highest BCUT2D eigenvalue weighted by molar-refractivity contribution is 6.30. The third-order valence-corrected chi connectivity index (χ3v) is 3.20. The van der Waals surface area contributed by atoms with Crippen molar-refractivity contribution in [3.8, 4) is 12.3 Å². The van der Waals surface area contributed by atoms with Gasteiger partial charge in [-0.3, -0.25) is 0 Å². The molecule has 19 heavy (non-hydrogen) atoms. The Morgan fingerprint density at radius 2 is 1.84 bits per heavy atom. The van der Waals surface area contributed by atoms with Crippen LogP contribution in [0.2, 0.25) is 5.02 Å². The van der Waals surface area contributed by atoms with Crippen LogP contribution in [0.3, 0.4) is 0 Å². The van der Waals surface area contributed by atoms with Crippen molar-refractivity contribution >= 4 is 23.0 Å². The summed E-state index contributed by atoms with van der Waals surface area (Å²) in [6.07, 6.45) is 4.35. The van der Waals surface area contributed by atoms with Crippen LogP contribution in [0.4, 0.5) is 11.4 Å². The Kier molecular flexibility index (Phi) is 4.11. The molecule has 96 valence electrons. The molecule has 2 aromatic rings. The van der Waals surface area contributed by atoms with E-state index in [1.165, 1.54) is 0 Å². The first-order valence-corrected chi connectivity index (χ1v) is 6.23. The van der Waals surface area contributed by atoms with E-state index in [0.29, 0.717) is 10.6 Å². The normalized spacial score (nSPS) is 11.7. The van der Waals surface area contributed by atoms with Crippen LogP contribution < -0.4 is 4.90 Å². The fraction of sp³-hybridized carbons (Fsp3) is 0.125. The summed E-state index contributed by atoms with van der Waals surface area (Å²) in [5.41, 5.74) is 2.67. The molecule has 1 atom stereocenters. The molecule has 0 aliphatic rings. The van der Waals surface area contributed by atoms with Crippen molar-refractivity contribution < 1.29 is 5.11 Å².